The Balaban J connectivity index is 0.00000113. The number of benzene rings is 1. The molecule has 0 unspecified atom stereocenters. The number of rotatable bonds is 4. The number of amides is 1. The highest BCUT2D eigenvalue weighted by Gasteiger charge is 2.36. The minimum absolute atomic E-state index is 0. The van der Waals surface area contributed by atoms with E-state index in [0.717, 1.165) is 12.4 Å². The summed E-state index contributed by atoms with van der Waals surface area (Å²) in [6, 6.07) is 10.4. The summed E-state index contributed by atoms with van der Waals surface area (Å²) < 4.78 is 0. The number of carbonyl (C=O) groups excluding carboxylic acids is 1. The molecule has 1 saturated heterocycles. The van der Waals surface area contributed by atoms with Gasteiger partial charge in [-0.2, -0.15) is 0 Å². The minimum atomic E-state index is 0. The molecule has 2 aliphatic rings. The maximum atomic E-state index is 12.8. The lowest BCUT2D eigenvalue weighted by molar-refractivity contribution is 0.0781. The van der Waals surface area contributed by atoms with E-state index in [-0.39, 0.29) is 30.7 Å². The van der Waals surface area contributed by atoms with Gasteiger partial charge in [0.1, 0.15) is 11.5 Å². The fourth-order valence-electron chi connectivity index (χ4n) is 3.53. The van der Waals surface area contributed by atoms with Crippen molar-refractivity contribution in [3.63, 3.8) is 0 Å². The van der Waals surface area contributed by atoms with Crippen LogP contribution in [-0.2, 0) is 0 Å². The Morgan fingerprint density at radius 2 is 1.92 bits per heavy atom. The summed E-state index contributed by atoms with van der Waals surface area (Å²) in [4.78, 5) is 22.2. The molecule has 7 heteroatoms. The highest BCUT2D eigenvalue weighted by atomic mass is 35.5. The largest absolute Gasteiger partial charge is 0.338 e. The van der Waals surface area contributed by atoms with Gasteiger partial charge in [0.25, 0.3) is 5.91 Å². The average molecular weight is 383 g/mol. The molecule has 4 rings (SSSR count). The van der Waals surface area contributed by atoms with Crippen LogP contribution in [0, 0.1) is 5.92 Å². The summed E-state index contributed by atoms with van der Waals surface area (Å²) in [7, 11) is 0. The first kappa shape index (κ1) is 19.8. The van der Waals surface area contributed by atoms with E-state index in [4.69, 9.17) is 5.73 Å². The van der Waals surface area contributed by atoms with Crippen molar-refractivity contribution in [2.45, 2.75) is 24.7 Å². The predicted octanol–water partition coefficient (Wildman–Crippen LogP) is 2.95. The Hall–Kier alpha value is -1.56. The number of imidazole rings is 1. The van der Waals surface area contributed by atoms with E-state index in [1.165, 1.54) is 18.4 Å². The quantitative estimate of drug-likeness (QED) is 0.853. The summed E-state index contributed by atoms with van der Waals surface area (Å²) >= 11 is 0. The van der Waals surface area contributed by atoms with Crippen LogP contribution in [0.5, 0.6) is 0 Å². The fourth-order valence-corrected chi connectivity index (χ4v) is 3.53. The van der Waals surface area contributed by atoms with Crippen LogP contribution in [-0.4, -0.2) is 40.4 Å². The first-order valence-corrected chi connectivity index (χ1v) is 8.35. The van der Waals surface area contributed by atoms with Gasteiger partial charge in [-0.15, -0.1) is 24.8 Å². The molecule has 1 aliphatic carbocycles. The number of aromatic nitrogens is 2. The summed E-state index contributed by atoms with van der Waals surface area (Å²) in [5.41, 5.74) is 7.83. The number of carbonyl (C=O) groups is 1. The predicted molar refractivity (Wildman–Crippen MR) is 103 cm³/mol. The second-order valence-electron chi connectivity index (χ2n) is 6.68. The Kier molecular flexibility index (Phi) is 6.49. The van der Waals surface area contributed by atoms with Crippen LogP contribution in [0.2, 0.25) is 0 Å². The molecule has 136 valence electrons. The van der Waals surface area contributed by atoms with Crippen LogP contribution in [0.15, 0.2) is 36.5 Å². The van der Waals surface area contributed by atoms with Gasteiger partial charge in [-0.25, -0.2) is 4.98 Å². The van der Waals surface area contributed by atoms with Gasteiger partial charge in [-0.1, -0.05) is 30.3 Å². The maximum Gasteiger partial charge on any atom is 0.271 e. The van der Waals surface area contributed by atoms with Gasteiger partial charge in [-0.05, 0) is 30.9 Å². The highest BCUT2D eigenvalue weighted by molar-refractivity contribution is 5.92. The summed E-state index contributed by atoms with van der Waals surface area (Å²) in [6.07, 6.45) is 4.04. The van der Waals surface area contributed by atoms with Gasteiger partial charge in [0.05, 0.1) is 6.20 Å². The third-order valence-electron chi connectivity index (χ3n) is 5.05. The fraction of sp³-hybridized carbons (Fsp3) is 0.444. The lowest BCUT2D eigenvalue weighted by Crippen LogP contribution is -2.30. The molecule has 2 atom stereocenters. The lowest BCUT2D eigenvalue weighted by atomic mass is 9.89. The molecule has 25 heavy (non-hydrogen) atoms. The van der Waals surface area contributed by atoms with Gasteiger partial charge >= 0.3 is 0 Å². The van der Waals surface area contributed by atoms with Gasteiger partial charge < -0.3 is 15.6 Å². The third-order valence-corrected chi connectivity index (χ3v) is 5.05. The van der Waals surface area contributed by atoms with Crippen molar-refractivity contribution >= 4 is 30.7 Å². The van der Waals surface area contributed by atoms with E-state index in [2.05, 4.69) is 22.1 Å². The summed E-state index contributed by atoms with van der Waals surface area (Å²) in [5, 5.41) is 0. The van der Waals surface area contributed by atoms with Crippen LogP contribution < -0.4 is 5.73 Å². The number of hydrogen-bond donors (Lipinski definition) is 2. The maximum absolute atomic E-state index is 12.8. The standard InChI is InChI=1S/C18H22N4O.2ClH/c19-8-14-10-22(11-15(14)12-4-2-1-3-5-12)18(23)16-9-20-17(21-16)13-6-7-13;;/h1-5,9,13-15H,6-8,10-11,19H2,(H,20,21);2*1H/t14-,15+;;/m1../s1. The van der Waals surface area contributed by atoms with Crippen LogP contribution in [0.3, 0.4) is 0 Å². The molecule has 0 radical (unpaired) electrons. The molecule has 2 fully saturated rings. The van der Waals surface area contributed by atoms with Gasteiger partial charge in [0.15, 0.2) is 0 Å². The molecule has 1 aromatic carbocycles. The van der Waals surface area contributed by atoms with Crippen molar-refractivity contribution in [1.82, 2.24) is 14.9 Å². The van der Waals surface area contributed by atoms with Crippen molar-refractivity contribution in [2.75, 3.05) is 19.6 Å². The SMILES string of the molecule is Cl.Cl.NC[C@@H]1CN(C(=O)c2cnc(C3CC3)[nH]2)C[C@H]1c1ccccc1. The molecular formula is C18H24Cl2N4O. The van der Waals surface area contributed by atoms with E-state index in [0.29, 0.717) is 36.5 Å². The third kappa shape index (κ3) is 4.00. The number of nitrogens with zero attached hydrogens (tertiary/aromatic N) is 2. The van der Waals surface area contributed by atoms with E-state index < -0.39 is 0 Å². The van der Waals surface area contributed by atoms with Gasteiger partial charge in [-0.3, -0.25) is 4.79 Å². The van der Waals surface area contributed by atoms with Crippen molar-refractivity contribution in [3.8, 4) is 0 Å². The number of H-pyrrole nitrogens is 1. The summed E-state index contributed by atoms with van der Waals surface area (Å²) in [6.45, 7) is 2.04. The number of nitrogens with one attached hydrogen (secondary N) is 1. The van der Waals surface area contributed by atoms with E-state index in [1.807, 2.05) is 23.1 Å². The molecule has 3 N–H and O–H groups in total. The van der Waals surface area contributed by atoms with Crippen LogP contribution in [0.4, 0.5) is 0 Å². The Morgan fingerprint density at radius 3 is 2.56 bits per heavy atom. The molecule has 1 aromatic heterocycles. The number of nitrogens with two attached hydrogens (primary N) is 1. The molecule has 5 nitrogen and oxygen atoms in total. The van der Waals surface area contributed by atoms with E-state index in [9.17, 15) is 4.79 Å². The second kappa shape index (κ2) is 8.21. The first-order valence-electron chi connectivity index (χ1n) is 8.35. The Labute approximate surface area is 160 Å². The Morgan fingerprint density at radius 1 is 1.20 bits per heavy atom. The zero-order valence-corrected chi connectivity index (χ0v) is 15.6. The minimum Gasteiger partial charge on any atom is -0.338 e. The summed E-state index contributed by atoms with van der Waals surface area (Å²) in [5.74, 6) is 2.16. The monoisotopic (exact) mass is 382 g/mol. The van der Waals surface area contributed by atoms with Crippen molar-refractivity contribution < 1.29 is 4.79 Å². The van der Waals surface area contributed by atoms with Crippen LogP contribution in [0.1, 0.15) is 46.6 Å². The molecule has 0 bridgehead atoms. The van der Waals surface area contributed by atoms with Gasteiger partial charge in [0, 0.05) is 24.9 Å². The Bertz CT molecular complexity index is 702. The smallest absolute Gasteiger partial charge is 0.271 e. The molecule has 0 spiro atoms. The van der Waals surface area contributed by atoms with Crippen LogP contribution in [0.25, 0.3) is 0 Å². The highest BCUT2D eigenvalue weighted by Crippen LogP contribution is 2.38. The van der Waals surface area contributed by atoms with Crippen molar-refractivity contribution in [2.24, 2.45) is 11.7 Å². The second-order valence-corrected chi connectivity index (χ2v) is 6.68. The number of aromatic amines is 1. The van der Waals surface area contributed by atoms with Crippen LogP contribution >= 0.6 is 24.8 Å². The first-order chi connectivity index (χ1) is 11.3. The molecule has 2 heterocycles. The van der Waals surface area contributed by atoms with Gasteiger partial charge in [0.2, 0.25) is 0 Å². The van der Waals surface area contributed by atoms with E-state index in [1.54, 1.807) is 6.20 Å². The van der Waals surface area contributed by atoms with E-state index >= 15 is 0 Å². The topological polar surface area (TPSA) is 75.0 Å². The zero-order valence-electron chi connectivity index (χ0n) is 13.9. The average Bonchev–Trinajstić information content (AvgIpc) is 3.17. The normalized spacial score (nSPS) is 22.2. The molecule has 1 amide bonds. The zero-order chi connectivity index (χ0) is 15.8. The number of hydrogen-bond acceptors (Lipinski definition) is 3. The lowest BCUT2D eigenvalue weighted by Gasteiger charge is -2.16. The molecule has 1 saturated carbocycles. The molecule has 2 aromatic rings. The van der Waals surface area contributed by atoms with Crippen molar-refractivity contribution in [3.05, 3.63) is 53.6 Å². The molecule has 1 aliphatic heterocycles. The molecular weight excluding hydrogens is 359 g/mol. The number of likely N-dealkylation sites (tertiary alicyclic amines) is 1. The van der Waals surface area contributed by atoms with Crippen molar-refractivity contribution in [1.29, 1.82) is 0 Å². The number of halogens is 2.